The minimum Gasteiger partial charge on any atom is -0.0966 e. The molecule has 1 aliphatic rings. The second kappa shape index (κ2) is 7.35. The van der Waals surface area contributed by atoms with Gasteiger partial charge in [-0.05, 0) is 31.2 Å². The van der Waals surface area contributed by atoms with Gasteiger partial charge in [-0.3, -0.25) is 0 Å². The maximum absolute atomic E-state index is 2.94. The quantitative estimate of drug-likeness (QED) is 0.590. The van der Waals surface area contributed by atoms with Crippen LogP contribution in [-0.2, 0) is 0 Å². The lowest BCUT2D eigenvalue weighted by molar-refractivity contribution is 1.15. The first-order chi connectivity index (χ1) is 5.83. The summed E-state index contributed by atoms with van der Waals surface area (Å²) in [4.78, 5) is 0. The van der Waals surface area contributed by atoms with Crippen LogP contribution in [0.2, 0.25) is 0 Å². The molecular weight excluding hydrogens is 212 g/mol. The Morgan fingerprint density at radius 3 is 2.58 bits per heavy atom. The fraction of sp³-hybridized carbons (Fsp3) is 0.455. The molecule has 0 atom stereocenters. The maximum Gasteiger partial charge on any atom is -0.00848 e. The standard InChI is InChI=1S/C10H14.CH3Br/c1-3-10-6-4-5-9(2)7-8-10;1-2/h4,6-8H,3,5H2,1-2H3;1H3. The number of hydrogen-bond acceptors (Lipinski definition) is 0. The molecule has 0 saturated carbocycles. The minimum atomic E-state index is 1.11. The molecule has 0 heterocycles. The molecule has 68 valence electrons. The fourth-order valence-electron chi connectivity index (χ4n) is 1.00. The number of alkyl halides is 1. The van der Waals surface area contributed by atoms with E-state index in [-0.39, 0.29) is 0 Å². The Morgan fingerprint density at radius 2 is 2.00 bits per heavy atom. The zero-order chi connectivity index (χ0) is 9.40. The van der Waals surface area contributed by atoms with Gasteiger partial charge in [0.15, 0.2) is 0 Å². The van der Waals surface area contributed by atoms with Crippen molar-refractivity contribution in [2.75, 3.05) is 5.83 Å². The zero-order valence-corrected chi connectivity index (χ0v) is 9.69. The van der Waals surface area contributed by atoms with Crippen LogP contribution in [0.25, 0.3) is 0 Å². The summed E-state index contributed by atoms with van der Waals surface area (Å²) < 4.78 is 0. The van der Waals surface area contributed by atoms with Gasteiger partial charge in [0.25, 0.3) is 0 Å². The third kappa shape index (κ3) is 4.55. The SMILES string of the molecule is CBr.CCC1=CC=C(C)CC=C1. The Bertz CT molecular complexity index is 197. The van der Waals surface area contributed by atoms with Crippen molar-refractivity contribution < 1.29 is 0 Å². The highest BCUT2D eigenvalue weighted by atomic mass is 79.9. The monoisotopic (exact) mass is 228 g/mol. The van der Waals surface area contributed by atoms with Gasteiger partial charge in [0.1, 0.15) is 0 Å². The van der Waals surface area contributed by atoms with Crippen LogP contribution < -0.4 is 0 Å². The van der Waals surface area contributed by atoms with Crippen LogP contribution in [0.3, 0.4) is 0 Å². The molecule has 0 unspecified atom stereocenters. The van der Waals surface area contributed by atoms with E-state index < -0.39 is 0 Å². The highest BCUT2D eigenvalue weighted by Crippen LogP contribution is 2.12. The molecule has 0 aromatic heterocycles. The Labute approximate surface area is 84.2 Å². The molecule has 0 nitrogen and oxygen atoms in total. The first-order valence-electron chi connectivity index (χ1n) is 4.23. The molecule has 12 heavy (non-hydrogen) atoms. The van der Waals surface area contributed by atoms with E-state index in [9.17, 15) is 0 Å². The fourth-order valence-corrected chi connectivity index (χ4v) is 1.00. The van der Waals surface area contributed by atoms with Crippen LogP contribution in [0.15, 0.2) is 35.5 Å². The first-order valence-corrected chi connectivity index (χ1v) is 5.82. The second-order valence-electron chi connectivity index (χ2n) is 2.71. The molecule has 0 spiro atoms. The summed E-state index contributed by atoms with van der Waals surface area (Å²) in [5.74, 6) is 1.81. The number of hydrogen-bond donors (Lipinski definition) is 0. The van der Waals surface area contributed by atoms with Crippen molar-refractivity contribution >= 4 is 15.9 Å². The molecule has 0 N–H and O–H groups in total. The first kappa shape index (κ1) is 11.7. The molecule has 1 rings (SSSR count). The predicted molar refractivity (Wildman–Crippen MR) is 60.7 cm³/mol. The third-order valence-electron chi connectivity index (χ3n) is 1.76. The minimum absolute atomic E-state index is 1.11. The van der Waals surface area contributed by atoms with Gasteiger partial charge in [-0.15, -0.1) is 0 Å². The van der Waals surface area contributed by atoms with Gasteiger partial charge in [0, 0.05) is 0 Å². The summed E-state index contributed by atoms with van der Waals surface area (Å²) in [6.45, 7) is 4.35. The van der Waals surface area contributed by atoms with Crippen molar-refractivity contribution in [1.29, 1.82) is 0 Å². The van der Waals surface area contributed by atoms with E-state index in [1.165, 1.54) is 11.1 Å². The van der Waals surface area contributed by atoms with Crippen LogP contribution in [0, 0.1) is 0 Å². The zero-order valence-electron chi connectivity index (χ0n) is 8.10. The van der Waals surface area contributed by atoms with E-state index in [4.69, 9.17) is 0 Å². The smallest absolute Gasteiger partial charge is 0.00848 e. The number of rotatable bonds is 1. The molecule has 0 aromatic rings. The normalized spacial score (nSPS) is 15.3. The molecule has 0 saturated heterocycles. The molecule has 1 heteroatoms. The van der Waals surface area contributed by atoms with Crippen molar-refractivity contribution in [3.05, 3.63) is 35.5 Å². The maximum atomic E-state index is 2.94. The molecule has 0 aliphatic heterocycles. The summed E-state index contributed by atoms with van der Waals surface area (Å²) in [7, 11) is 0. The van der Waals surface area contributed by atoms with E-state index in [1.807, 2.05) is 5.83 Å². The molecule has 0 aromatic carbocycles. The number of halogens is 1. The van der Waals surface area contributed by atoms with Crippen molar-refractivity contribution in [3.8, 4) is 0 Å². The predicted octanol–water partition coefficient (Wildman–Crippen LogP) is 4.24. The Balaban J connectivity index is 0.000000561. The average Bonchev–Trinajstić information content (AvgIpc) is 2.33. The van der Waals surface area contributed by atoms with Crippen LogP contribution in [0.1, 0.15) is 26.7 Å². The summed E-state index contributed by atoms with van der Waals surface area (Å²) in [6, 6.07) is 0. The van der Waals surface area contributed by atoms with Crippen molar-refractivity contribution in [2.45, 2.75) is 26.7 Å². The van der Waals surface area contributed by atoms with E-state index in [1.54, 1.807) is 0 Å². The summed E-state index contributed by atoms with van der Waals surface area (Å²) in [5.41, 5.74) is 2.87. The molecular formula is C11H17Br. The molecule has 0 bridgehead atoms. The molecule has 0 amide bonds. The van der Waals surface area contributed by atoms with E-state index in [0.717, 1.165) is 12.8 Å². The highest BCUT2D eigenvalue weighted by molar-refractivity contribution is 9.08. The highest BCUT2D eigenvalue weighted by Gasteiger charge is 1.91. The van der Waals surface area contributed by atoms with E-state index in [0.29, 0.717) is 0 Å². The largest absolute Gasteiger partial charge is 0.0966 e. The Hall–Kier alpha value is -0.300. The van der Waals surface area contributed by atoms with Crippen molar-refractivity contribution in [3.63, 3.8) is 0 Å². The number of allylic oxidation sites excluding steroid dienone is 6. The van der Waals surface area contributed by atoms with Gasteiger partial charge in [-0.25, -0.2) is 0 Å². The Kier molecular flexibility index (Phi) is 7.17. The van der Waals surface area contributed by atoms with Gasteiger partial charge in [0.2, 0.25) is 0 Å². The lowest BCUT2D eigenvalue weighted by Crippen LogP contribution is -1.69. The Morgan fingerprint density at radius 1 is 1.33 bits per heavy atom. The molecule has 0 radical (unpaired) electrons. The van der Waals surface area contributed by atoms with E-state index in [2.05, 4.69) is 54.1 Å². The lowest BCUT2D eigenvalue weighted by atomic mass is 10.2. The van der Waals surface area contributed by atoms with Gasteiger partial charge in [0.05, 0.1) is 0 Å². The van der Waals surface area contributed by atoms with Crippen LogP contribution in [0.5, 0.6) is 0 Å². The summed E-state index contributed by atoms with van der Waals surface area (Å²) in [5, 5.41) is 0. The topological polar surface area (TPSA) is 0 Å². The van der Waals surface area contributed by atoms with Crippen LogP contribution in [-0.4, -0.2) is 5.83 Å². The summed E-state index contributed by atoms with van der Waals surface area (Å²) in [6.07, 6.45) is 11.1. The van der Waals surface area contributed by atoms with Gasteiger partial charge < -0.3 is 0 Å². The van der Waals surface area contributed by atoms with Crippen LogP contribution in [0.4, 0.5) is 0 Å². The van der Waals surface area contributed by atoms with Gasteiger partial charge >= 0.3 is 0 Å². The van der Waals surface area contributed by atoms with Crippen LogP contribution >= 0.6 is 15.9 Å². The average molecular weight is 229 g/mol. The van der Waals surface area contributed by atoms with Gasteiger partial charge in [-0.2, -0.15) is 0 Å². The third-order valence-corrected chi connectivity index (χ3v) is 1.76. The van der Waals surface area contributed by atoms with E-state index >= 15 is 0 Å². The van der Waals surface area contributed by atoms with Gasteiger partial charge in [-0.1, -0.05) is 52.7 Å². The van der Waals surface area contributed by atoms with Crippen molar-refractivity contribution in [1.82, 2.24) is 0 Å². The lowest BCUT2D eigenvalue weighted by Gasteiger charge is -1.89. The van der Waals surface area contributed by atoms with Crippen molar-refractivity contribution in [2.24, 2.45) is 0 Å². The molecule has 0 fully saturated rings. The summed E-state index contributed by atoms with van der Waals surface area (Å²) >= 11 is 2.94. The second-order valence-corrected chi connectivity index (χ2v) is 2.71. The molecule has 1 aliphatic carbocycles.